The van der Waals surface area contributed by atoms with Crippen molar-refractivity contribution in [3.8, 4) is 5.75 Å². The average Bonchev–Trinajstić information content (AvgIpc) is 3.60. The molecule has 0 N–H and O–H groups in total. The number of ether oxygens (including phenoxy) is 1. The molecular weight excluding hydrogens is 781 g/mol. The van der Waals surface area contributed by atoms with Crippen LogP contribution in [0.1, 0.15) is 121 Å². The molecule has 5 heterocycles. The Hall–Kier alpha value is -4.69. The number of hydrogen-bond acceptors (Lipinski definition) is 9. The fourth-order valence-corrected chi connectivity index (χ4v) is 9.75. The maximum absolute atomic E-state index is 16.0. The lowest BCUT2D eigenvalue weighted by molar-refractivity contribution is -0.438. The van der Waals surface area contributed by atoms with Gasteiger partial charge in [-0.3, -0.25) is 9.59 Å². The molecule has 7 rings (SSSR count). The van der Waals surface area contributed by atoms with E-state index >= 15 is 8.78 Å². The van der Waals surface area contributed by atoms with E-state index < -0.39 is 50.7 Å². The van der Waals surface area contributed by atoms with Crippen LogP contribution in [0.2, 0.25) is 0 Å². The minimum atomic E-state index is -4.45. The molecule has 0 spiro atoms. The van der Waals surface area contributed by atoms with Crippen LogP contribution >= 0.6 is 0 Å². The summed E-state index contributed by atoms with van der Waals surface area (Å²) >= 11 is 0. The number of rotatable bonds is 14. The van der Waals surface area contributed by atoms with Crippen LogP contribution in [-0.4, -0.2) is 71.5 Å². The Morgan fingerprint density at radius 2 is 1.73 bits per heavy atom. The van der Waals surface area contributed by atoms with Crippen LogP contribution in [0.15, 0.2) is 48.3 Å². The molecule has 5 aliphatic rings. The van der Waals surface area contributed by atoms with Crippen LogP contribution < -0.4 is 9.64 Å². The summed E-state index contributed by atoms with van der Waals surface area (Å²) in [6, 6.07) is 4.43. The lowest BCUT2D eigenvalue weighted by Crippen LogP contribution is -2.35. The van der Waals surface area contributed by atoms with Gasteiger partial charge in [0.2, 0.25) is 5.69 Å². The Morgan fingerprint density at radius 3 is 2.44 bits per heavy atom. The van der Waals surface area contributed by atoms with E-state index in [4.69, 9.17) is 9.57 Å². The van der Waals surface area contributed by atoms with Crippen molar-refractivity contribution < 1.29 is 50.3 Å². The number of hydrogen-bond donors (Lipinski definition) is 0. The van der Waals surface area contributed by atoms with E-state index in [1.807, 2.05) is 29.7 Å². The number of carbonyl (C=O) groups excluding carboxylic acids is 3. The fourth-order valence-electron chi connectivity index (χ4n) is 9.19. The molecule has 5 aliphatic heterocycles. The number of hydroxylamine groups is 2. The van der Waals surface area contributed by atoms with Gasteiger partial charge in [0, 0.05) is 85.0 Å². The first-order valence-electron chi connectivity index (χ1n) is 20.8. The fraction of sp³-hybridized carbons (Fsp3) is 0.511. The van der Waals surface area contributed by atoms with Crippen molar-refractivity contribution in [2.75, 3.05) is 30.3 Å². The standard InChI is InChI=1S/C45H53F2N3O8S/c1-44(2,3)37-26-29(33-25-30-14-11-21-48-22-12-15-32(42(30)48)43(33)57-37)13-10-16-36-45(4,20-7-9-24-59(54,55)56)41-34(47)27-31(46)28-35(41)49(36)23-8-5-6-17-40(53)58-50-38(51)18-19-39(50)52/h10,13,16,25-28H,5-9,11-12,14-15,17-24H2,1-4H3. The van der Waals surface area contributed by atoms with Gasteiger partial charge >= 0.3 is 5.97 Å². The molecule has 59 heavy (non-hydrogen) atoms. The number of carbonyl (C=O) groups is 3. The summed E-state index contributed by atoms with van der Waals surface area (Å²) in [7, 11) is -4.45. The molecule has 1 fully saturated rings. The molecule has 11 nitrogen and oxygen atoms in total. The van der Waals surface area contributed by atoms with Crippen molar-refractivity contribution in [2.24, 2.45) is 5.41 Å². The highest BCUT2D eigenvalue weighted by Crippen LogP contribution is 2.49. The van der Waals surface area contributed by atoms with Gasteiger partial charge in [-0.15, -0.1) is 5.06 Å². The molecule has 0 saturated carbocycles. The second-order valence-electron chi connectivity index (χ2n) is 17.5. The average molecular weight is 834 g/mol. The summed E-state index contributed by atoms with van der Waals surface area (Å²) in [5, 5.41) is 0.527. The maximum Gasteiger partial charge on any atom is 0.333 e. The lowest BCUT2D eigenvalue weighted by atomic mass is 9.75. The number of allylic oxidation sites excluding steroid dienone is 6. The zero-order valence-corrected chi connectivity index (χ0v) is 35.2. The van der Waals surface area contributed by atoms with Crippen molar-refractivity contribution in [3.05, 3.63) is 82.2 Å². The van der Waals surface area contributed by atoms with E-state index in [0.717, 1.165) is 67.5 Å². The predicted octanol–water partition coefficient (Wildman–Crippen LogP) is 7.87. The lowest BCUT2D eigenvalue weighted by Gasteiger charge is -2.40. The van der Waals surface area contributed by atoms with Gasteiger partial charge in [-0.1, -0.05) is 39.3 Å². The number of benzene rings is 2. The van der Waals surface area contributed by atoms with Gasteiger partial charge < -0.3 is 19.0 Å². The minimum absolute atomic E-state index is 0.00355. The Labute approximate surface area is 345 Å². The van der Waals surface area contributed by atoms with Crippen LogP contribution in [0.3, 0.4) is 0 Å². The molecule has 2 aromatic carbocycles. The van der Waals surface area contributed by atoms with Gasteiger partial charge in [-0.2, -0.15) is 4.58 Å². The summed E-state index contributed by atoms with van der Waals surface area (Å²) in [4.78, 5) is 43.7. The number of anilines is 1. The topological polar surface area (TPSA) is 136 Å². The van der Waals surface area contributed by atoms with Crippen LogP contribution in [0.5, 0.6) is 5.75 Å². The molecular formula is C45H53F2N3O8S. The van der Waals surface area contributed by atoms with Gasteiger partial charge in [0.1, 0.15) is 29.7 Å². The highest BCUT2D eigenvalue weighted by atomic mass is 32.2. The molecule has 0 aromatic heterocycles. The van der Waals surface area contributed by atoms with Crippen LogP contribution in [0, 0.1) is 17.0 Å². The minimum Gasteiger partial charge on any atom is -0.748 e. The molecule has 2 aromatic rings. The van der Waals surface area contributed by atoms with Gasteiger partial charge in [0.05, 0.1) is 21.1 Å². The van der Waals surface area contributed by atoms with Crippen LogP contribution in [-0.2, 0) is 47.6 Å². The first-order valence-corrected chi connectivity index (χ1v) is 22.4. The van der Waals surface area contributed by atoms with Crippen molar-refractivity contribution in [3.63, 3.8) is 0 Å². The first kappa shape index (κ1) is 42.4. The Kier molecular flexibility index (Phi) is 12.1. The van der Waals surface area contributed by atoms with Crippen molar-refractivity contribution in [2.45, 2.75) is 117 Å². The second-order valence-corrected chi connectivity index (χ2v) is 19.0. The Morgan fingerprint density at radius 1 is 1.00 bits per heavy atom. The highest BCUT2D eigenvalue weighted by Gasteiger charge is 2.49. The summed E-state index contributed by atoms with van der Waals surface area (Å²) in [5.74, 6) is -2.06. The quantitative estimate of drug-likeness (QED) is 0.0807. The van der Waals surface area contributed by atoms with Crippen molar-refractivity contribution in [1.82, 2.24) is 5.06 Å². The molecule has 14 heteroatoms. The molecule has 0 bridgehead atoms. The van der Waals surface area contributed by atoms with Gasteiger partial charge in [-0.25, -0.2) is 22.0 Å². The molecule has 1 atom stereocenters. The summed E-state index contributed by atoms with van der Waals surface area (Å²) in [6.45, 7) is 10.6. The summed E-state index contributed by atoms with van der Waals surface area (Å²) in [5.41, 5.74) is 5.91. The second kappa shape index (κ2) is 16.8. The third kappa shape index (κ3) is 8.94. The summed E-state index contributed by atoms with van der Waals surface area (Å²) < 4.78 is 74.1. The van der Waals surface area contributed by atoms with E-state index in [-0.39, 0.29) is 31.1 Å². The van der Waals surface area contributed by atoms with Crippen molar-refractivity contribution >= 4 is 50.6 Å². The third-order valence-corrected chi connectivity index (χ3v) is 12.9. The normalized spacial score (nSPS) is 20.9. The van der Waals surface area contributed by atoms with Crippen molar-refractivity contribution in [1.29, 1.82) is 0 Å². The monoisotopic (exact) mass is 833 g/mol. The molecule has 1 saturated heterocycles. The van der Waals surface area contributed by atoms with Gasteiger partial charge in [-0.05, 0) is 81.6 Å². The number of nitrogens with zero attached hydrogens (tertiary/aromatic N) is 3. The van der Waals surface area contributed by atoms with Crippen LogP contribution in [0.25, 0.3) is 5.57 Å². The maximum atomic E-state index is 16.0. The molecule has 316 valence electrons. The summed E-state index contributed by atoms with van der Waals surface area (Å²) in [6.07, 6.45) is 14.1. The van der Waals surface area contributed by atoms with E-state index in [1.54, 1.807) is 0 Å². The Balaban J connectivity index is 1.23. The molecule has 1 unspecified atom stereocenters. The molecule has 0 radical (unpaired) electrons. The molecule has 0 aliphatic carbocycles. The zero-order valence-electron chi connectivity index (χ0n) is 34.3. The number of fused-ring (bicyclic) bond motifs is 3. The Bertz CT molecular complexity index is 2290. The zero-order chi connectivity index (χ0) is 42.3. The third-order valence-electron chi connectivity index (χ3n) is 12.1. The first-order chi connectivity index (χ1) is 27.9. The number of imide groups is 1. The SMILES string of the molecule is CC(C)(C)C1=CC(=CC=CC2=[N+](CCCCCC(=O)ON3C(=O)CCC3=O)c3cc(F)cc(F)c3C2(C)CCCCS(=O)(=O)[O-])c2cc3c4c(c2O1)CCCN4CCC3. The number of amides is 2. The number of unbranched alkanes of at least 4 members (excludes halogenated alkanes) is 3. The predicted molar refractivity (Wildman–Crippen MR) is 218 cm³/mol. The highest BCUT2D eigenvalue weighted by molar-refractivity contribution is 7.85. The number of halogens is 2. The van der Waals surface area contributed by atoms with E-state index in [0.29, 0.717) is 60.7 Å². The van der Waals surface area contributed by atoms with Gasteiger partial charge in [0.25, 0.3) is 11.8 Å². The molecule has 2 amide bonds. The van der Waals surface area contributed by atoms with E-state index in [1.165, 1.54) is 22.9 Å². The van der Waals surface area contributed by atoms with E-state index in [9.17, 15) is 27.4 Å². The largest absolute Gasteiger partial charge is 0.748 e. The smallest absolute Gasteiger partial charge is 0.333 e. The van der Waals surface area contributed by atoms with Gasteiger partial charge in [0.15, 0.2) is 5.71 Å². The van der Waals surface area contributed by atoms with Crippen LogP contribution in [0.4, 0.5) is 20.2 Å². The number of aryl methyl sites for hydroxylation is 1. The van der Waals surface area contributed by atoms with E-state index in [2.05, 4.69) is 37.8 Å².